The quantitative estimate of drug-likeness (QED) is 0.281. The van der Waals surface area contributed by atoms with Gasteiger partial charge < -0.3 is 20.4 Å². The highest BCUT2D eigenvalue weighted by Gasteiger charge is 2.25. The number of hydrogen-bond acceptors (Lipinski definition) is 4. The van der Waals surface area contributed by atoms with Crippen molar-refractivity contribution in [2.24, 2.45) is 5.92 Å². The number of nitrogens with zero attached hydrogens (tertiary/aromatic N) is 2. The van der Waals surface area contributed by atoms with Gasteiger partial charge in [-0.05, 0) is 63.5 Å². The van der Waals surface area contributed by atoms with Crippen molar-refractivity contribution in [1.29, 1.82) is 0 Å². The van der Waals surface area contributed by atoms with Gasteiger partial charge in [0, 0.05) is 44.2 Å². The summed E-state index contributed by atoms with van der Waals surface area (Å²) in [5.41, 5.74) is 4.07. The molecular formula is C28H46N4. The maximum atomic E-state index is 4.51. The van der Waals surface area contributed by atoms with Crippen molar-refractivity contribution in [2.45, 2.75) is 50.6 Å². The van der Waals surface area contributed by atoms with Crippen LogP contribution < -0.4 is 10.6 Å². The van der Waals surface area contributed by atoms with Crippen molar-refractivity contribution < 1.29 is 0 Å². The molecule has 0 bridgehead atoms. The van der Waals surface area contributed by atoms with Gasteiger partial charge >= 0.3 is 0 Å². The predicted octanol–water partition coefficient (Wildman–Crippen LogP) is 5.39. The van der Waals surface area contributed by atoms with Crippen molar-refractivity contribution in [3.63, 3.8) is 0 Å². The van der Waals surface area contributed by atoms with Crippen LogP contribution in [0.3, 0.4) is 0 Å². The number of allylic oxidation sites excluding steroid dienone is 5. The predicted molar refractivity (Wildman–Crippen MR) is 142 cm³/mol. The van der Waals surface area contributed by atoms with Gasteiger partial charge in [0.25, 0.3) is 0 Å². The summed E-state index contributed by atoms with van der Waals surface area (Å²) in [4.78, 5) is 4.60. The fourth-order valence-corrected chi connectivity index (χ4v) is 4.45. The van der Waals surface area contributed by atoms with E-state index in [1.54, 1.807) is 0 Å². The van der Waals surface area contributed by atoms with Crippen LogP contribution in [-0.4, -0.2) is 57.1 Å². The van der Waals surface area contributed by atoms with Crippen LogP contribution in [0.1, 0.15) is 38.5 Å². The highest BCUT2D eigenvalue weighted by Crippen LogP contribution is 2.31. The third-order valence-corrected chi connectivity index (χ3v) is 6.49. The van der Waals surface area contributed by atoms with Crippen molar-refractivity contribution in [1.82, 2.24) is 20.4 Å². The first-order valence-electron chi connectivity index (χ1n) is 11.8. The summed E-state index contributed by atoms with van der Waals surface area (Å²) < 4.78 is 0. The second kappa shape index (κ2) is 14.6. The first kappa shape index (κ1) is 27.6. The van der Waals surface area contributed by atoms with Gasteiger partial charge in [0.05, 0.1) is 6.04 Å². The Hall–Kier alpha value is -2.46. The lowest BCUT2D eigenvalue weighted by Gasteiger charge is -2.35. The van der Waals surface area contributed by atoms with Crippen LogP contribution in [0, 0.1) is 5.92 Å². The molecule has 4 heteroatoms. The van der Waals surface area contributed by atoms with Gasteiger partial charge in [-0.15, -0.1) is 6.58 Å². The van der Waals surface area contributed by atoms with E-state index in [0.717, 1.165) is 35.4 Å². The Kier molecular flexibility index (Phi) is 12.6. The SMILES string of the molecule is C=CCCC(C(=C)NC)N(C)C(=C)C(/C=C\C1CCCCC1N(C)C)=C(C=C)/C=C/NC. The molecule has 3 unspecified atom stereocenters. The lowest BCUT2D eigenvalue weighted by molar-refractivity contribution is 0.184. The van der Waals surface area contributed by atoms with Crippen molar-refractivity contribution in [2.75, 3.05) is 35.2 Å². The molecule has 0 amide bonds. The molecule has 1 aliphatic carbocycles. The lowest BCUT2D eigenvalue weighted by Crippen LogP contribution is -2.37. The molecule has 0 aliphatic heterocycles. The maximum Gasteiger partial charge on any atom is 0.0681 e. The van der Waals surface area contributed by atoms with Crippen LogP contribution in [-0.2, 0) is 0 Å². The van der Waals surface area contributed by atoms with Gasteiger partial charge in [0.2, 0.25) is 0 Å². The Morgan fingerprint density at radius 3 is 2.31 bits per heavy atom. The molecule has 178 valence electrons. The normalized spacial score (nSPS) is 20.7. The molecule has 0 aromatic carbocycles. The second-order valence-electron chi connectivity index (χ2n) is 8.75. The fraction of sp³-hybridized carbons (Fsp3) is 0.500. The van der Waals surface area contributed by atoms with Gasteiger partial charge in [0.15, 0.2) is 0 Å². The maximum absolute atomic E-state index is 4.51. The average Bonchev–Trinajstić information content (AvgIpc) is 2.80. The van der Waals surface area contributed by atoms with Gasteiger partial charge in [-0.3, -0.25) is 0 Å². The Morgan fingerprint density at radius 2 is 1.75 bits per heavy atom. The molecule has 4 nitrogen and oxygen atoms in total. The largest absolute Gasteiger partial charge is 0.394 e. The molecule has 3 atom stereocenters. The van der Waals surface area contributed by atoms with Crippen LogP contribution in [0.25, 0.3) is 0 Å². The third kappa shape index (κ3) is 7.90. The Labute approximate surface area is 197 Å². The number of likely N-dealkylation sites (N-methyl/N-ethyl adjacent to an activating group) is 2. The van der Waals surface area contributed by atoms with Crippen molar-refractivity contribution in [3.8, 4) is 0 Å². The van der Waals surface area contributed by atoms with E-state index in [2.05, 4.69) is 86.1 Å². The highest BCUT2D eigenvalue weighted by molar-refractivity contribution is 5.50. The molecule has 1 aliphatic rings. The molecule has 32 heavy (non-hydrogen) atoms. The zero-order valence-electron chi connectivity index (χ0n) is 21.2. The summed E-state index contributed by atoms with van der Waals surface area (Å²) in [6.45, 7) is 16.7. The molecule has 0 aromatic rings. The van der Waals surface area contributed by atoms with E-state index < -0.39 is 0 Å². The first-order chi connectivity index (χ1) is 15.3. The van der Waals surface area contributed by atoms with Crippen LogP contribution >= 0.6 is 0 Å². The number of nitrogens with one attached hydrogen (secondary N) is 2. The van der Waals surface area contributed by atoms with Crippen molar-refractivity contribution in [3.05, 3.63) is 85.4 Å². The van der Waals surface area contributed by atoms with Crippen molar-refractivity contribution >= 4 is 0 Å². The minimum absolute atomic E-state index is 0.123. The average molecular weight is 439 g/mol. The molecule has 1 fully saturated rings. The molecular weight excluding hydrogens is 392 g/mol. The van der Waals surface area contributed by atoms with E-state index >= 15 is 0 Å². The van der Waals surface area contributed by atoms with Crippen LogP contribution in [0.2, 0.25) is 0 Å². The molecule has 1 saturated carbocycles. The minimum Gasteiger partial charge on any atom is -0.394 e. The van der Waals surface area contributed by atoms with E-state index in [9.17, 15) is 0 Å². The van der Waals surface area contributed by atoms with Crippen LogP contribution in [0.5, 0.6) is 0 Å². The van der Waals surface area contributed by atoms with E-state index in [-0.39, 0.29) is 6.04 Å². The van der Waals surface area contributed by atoms with Crippen LogP contribution in [0.4, 0.5) is 0 Å². The zero-order valence-corrected chi connectivity index (χ0v) is 21.2. The van der Waals surface area contributed by atoms with Gasteiger partial charge in [0.1, 0.15) is 0 Å². The summed E-state index contributed by atoms with van der Waals surface area (Å²) in [5, 5.41) is 6.32. The summed E-state index contributed by atoms with van der Waals surface area (Å²) >= 11 is 0. The summed E-state index contributed by atoms with van der Waals surface area (Å²) in [6.07, 6.45) is 19.4. The van der Waals surface area contributed by atoms with Gasteiger partial charge in [-0.1, -0.05) is 56.9 Å². The molecule has 0 radical (unpaired) electrons. The molecule has 0 spiro atoms. The third-order valence-electron chi connectivity index (χ3n) is 6.49. The summed E-state index contributed by atoms with van der Waals surface area (Å²) in [6, 6.07) is 0.703. The van der Waals surface area contributed by atoms with E-state index in [1.165, 1.54) is 25.7 Å². The minimum atomic E-state index is 0.123. The lowest BCUT2D eigenvalue weighted by atomic mass is 9.83. The smallest absolute Gasteiger partial charge is 0.0681 e. The Morgan fingerprint density at radius 1 is 1.06 bits per heavy atom. The molecule has 0 aromatic heterocycles. The first-order valence-corrected chi connectivity index (χ1v) is 11.8. The number of rotatable bonds is 14. The number of hydrogen-bond donors (Lipinski definition) is 2. The highest BCUT2D eigenvalue weighted by atomic mass is 15.2. The second-order valence-corrected chi connectivity index (χ2v) is 8.75. The summed E-state index contributed by atoms with van der Waals surface area (Å²) in [7, 11) is 10.3. The van der Waals surface area contributed by atoms with Crippen LogP contribution in [0.15, 0.2) is 85.4 Å². The molecule has 1 rings (SSSR count). The zero-order chi connectivity index (χ0) is 24.1. The van der Waals surface area contributed by atoms with E-state index in [0.29, 0.717) is 12.0 Å². The molecule has 2 N–H and O–H groups in total. The Bertz CT molecular complexity index is 726. The topological polar surface area (TPSA) is 30.5 Å². The monoisotopic (exact) mass is 438 g/mol. The molecule has 0 saturated heterocycles. The Balaban J connectivity index is 3.36. The standard InChI is InChI=1S/C28H46N4/c1-10-12-16-27(22(3)30-6)32(9)23(4)26(24(11-2)20-21-29-5)19-18-25-15-13-14-17-28(25)31(7)8/h10-11,18-21,25,27-30H,1-4,12-17H2,5-9H3/b19-18-,21-20+,26-24+. The van der Waals surface area contributed by atoms with E-state index in [1.807, 2.05) is 32.4 Å². The fourth-order valence-electron chi connectivity index (χ4n) is 4.45. The van der Waals surface area contributed by atoms with E-state index in [4.69, 9.17) is 0 Å². The summed E-state index contributed by atoms with van der Waals surface area (Å²) in [5.74, 6) is 0.537. The van der Waals surface area contributed by atoms with Gasteiger partial charge in [-0.2, -0.15) is 0 Å². The molecule has 0 heterocycles. The van der Waals surface area contributed by atoms with Gasteiger partial charge in [-0.25, -0.2) is 0 Å².